The van der Waals surface area contributed by atoms with Crippen LogP contribution < -0.4 is 9.47 Å². The van der Waals surface area contributed by atoms with Crippen molar-refractivity contribution >= 4 is 22.2 Å². The molecule has 0 aliphatic rings. The van der Waals surface area contributed by atoms with Crippen molar-refractivity contribution in [3.05, 3.63) is 22.2 Å². The topological polar surface area (TPSA) is 35.5 Å². The van der Waals surface area contributed by atoms with Gasteiger partial charge in [0, 0.05) is 0 Å². The molecule has 0 amide bonds. The summed E-state index contributed by atoms with van der Waals surface area (Å²) in [7, 11) is 1.53. The summed E-state index contributed by atoms with van der Waals surface area (Å²) < 4.78 is 10.9. The molecule has 0 saturated carbocycles. The number of ether oxygens (including phenoxy) is 2. The number of terminal acetylenes is 1. The van der Waals surface area contributed by atoms with Gasteiger partial charge in [-0.3, -0.25) is 4.79 Å². The molecular weight excluding hydrogens is 260 g/mol. The molecular formula is C11H9BrO3. The third-order valence-corrected chi connectivity index (χ3v) is 2.30. The standard InChI is InChI=1S/C11H9BrO3/c1-3-4-15-11-8(7-13)5-9(14-2)6-10(11)12/h1,5-7H,4H2,2H3. The lowest BCUT2D eigenvalue weighted by atomic mass is 10.2. The first kappa shape index (κ1) is 11.6. The molecule has 78 valence electrons. The zero-order chi connectivity index (χ0) is 11.3. The summed E-state index contributed by atoms with van der Waals surface area (Å²) in [6, 6.07) is 3.29. The minimum atomic E-state index is 0.117. The first-order valence-electron chi connectivity index (χ1n) is 4.12. The van der Waals surface area contributed by atoms with Crippen molar-refractivity contribution in [2.45, 2.75) is 0 Å². The van der Waals surface area contributed by atoms with Gasteiger partial charge >= 0.3 is 0 Å². The van der Waals surface area contributed by atoms with Gasteiger partial charge < -0.3 is 9.47 Å². The van der Waals surface area contributed by atoms with Crippen LogP contribution in [0.1, 0.15) is 10.4 Å². The van der Waals surface area contributed by atoms with Gasteiger partial charge in [-0.2, -0.15) is 0 Å². The fraction of sp³-hybridized carbons (Fsp3) is 0.182. The quantitative estimate of drug-likeness (QED) is 0.621. The Kier molecular flexibility index (Phi) is 4.19. The Morgan fingerprint density at radius 3 is 2.87 bits per heavy atom. The van der Waals surface area contributed by atoms with Gasteiger partial charge in [0.2, 0.25) is 0 Å². The smallest absolute Gasteiger partial charge is 0.153 e. The van der Waals surface area contributed by atoms with E-state index in [2.05, 4.69) is 21.9 Å². The normalized spacial score (nSPS) is 9.13. The number of aldehydes is 1. The first-order valence-corrected chi connectivity index (χ1v) is 4.91. The molecule has 0 aromatic heterocycles. The van der Waals surface area contributed by atoms with Gasteiger partial charge in [-0.15, -0.1) is 6.42 Å². The van der Waals surface area contributed by atoms with Gasteiger partial charge in [0.1, 0.15) is 18.1 Å². The van der Waals surface area contributed by atoms with Gasteiger partial charge in [-0.25, -0.2) is 0 Å². The van der Waals surface area contributed by atoms with Crippen LogP contribution in [0.15, 0.2) is 16.6 Å². The number of hydrogen-bond donors (Lipinski definition) is 0. The molecule has 1 aromatic carbocycles. The van der Waals surface area contributed by atoms with E-state index in [-0.39, 0.29) is 6.61 Å². The fourth-order valence-corrected chi connectivity index (χ4v) is 1.63. The summed E-state index contributed by atoms with van der Waals surface area (Å²) in [5.41, 5.74) is 0.400. The van der Waals surface area contributed by atoms with E-state index in [0.717, 1.165) is 0 Å². The summed E-state index contributed by atoms with van der Waals surface area (Å²) in [6.45, 7) is 0.117. The van der Waals surface area contributed by atoms with E-state index in [4.69, 9.17) is 15.9 Å². The molecule has 1 rings (SSSR count). The molecule has 0 unspecified atom stereocenters. The van der Waals surface area contributed by atoms with Crippen LogP contribution in [0.3, 0.4) is 0 Å². The molecule has 1 aromatic rings. The van der Waals surface area contributed by atoms with Gasteiger partial charge in [-0.1, -0.05) is 5.92 Å². The van der Waals surface area contributed by atoms with Crippen LogP contribution in [0.25, 0.3) is 0 Å². The Balaban J connectivity index is 3.13. The predicted molar refractivity (Wildman–Crippen MR) is 60.4 cm³/mol. The van der Waals surface area contributed by atoms with Crippen molar-refractivity contribution in [3.63, 3.8) is 0 Å². The van der Waals surface area contributed by atoms with Crippen molar-refractivity contribution in [2.24, 2.45) is 0 Å². The van der Waals surface area contributed by atoms with E-state index >= 15 is 0 Å². The number of halogens is 1. The van der Waals surface area contributed by atoms with Crippen LogP contribution in [-0.4, -0.2) is 20.0 Å². The van der Waals surface area contributed by atoms with Crippen molar-refractivity contribution in [2.75, 3.05) is 13.7 Å². The summed E-state index contributed by atoms with van der Waals surface area (Å²) in [5.74, 6) is 3.35. The van der Waals surface area contributed by atoms with E-state index in [1.165, 1.54) is 7.11 Å². The molecule has 15 heavy (non-hydrogen) atoms. The van der Waals surface area contributed by atoms with Crippen molar-refractivity contribution in [1.29, 1.82) is 0 Å². The third-order valence-electron chi connectivity index (χ3n) is 1.71. The van der Waals surface area contributed by atoms with E-state index in [1.807, 2.05) is 0 Å². The van der Waals surface area contributed by atoms with Gasteiger partial charge in [-0.05, 0) is 28.1 Å². The summed E-state index contributed by atoms with van der Waals surface area (Å²) in [4.78, 5) is 10.8. The van der Waals surface area contributed by atoms with E-state index < -0.39 is 0 Å². The fourth-order valence-electron chi connectivity index (χ4n) is 1.06. The Hall–Kier alpha value is -1.47. The maximum Gasteiger partial charge on any atom is 0.153 e. The van der Waals surface area contributed by atoms with Crippen LogP contribution >= 0.6 is 15.9 Å². The molecule has 0 atom stereocenters. The highest BCUT2D eigenvalue weighted by Crippen LogP contribution is 2.32. The Labute approximate surface area is 96.5 Å². The molecule has 0 aliphatic carbocycles. The number of carbonyl (C=O) groups is 1. The molecule has 3 nitrogen and oxygen atoms in total. The predicted octanol–water partition coefficient (Wildman–Crippen LogP) is 2.28. The molecule has 0 heterocycles. The number of benzene rings is 1. The second kappa shape index (κ2) is 5.42. The molecule has 0 N–H and O–H groups in total. The van der Waals surface area contributed by atoms with Gasteiger partial charge in [0.25, 0.3) is 0 Å². The Bertz CT molecular complexity index is 407. The molecule has 0 radical (unpaired) electrons. The van der Waals surface area contributed by atoms with Crippen LogP contribution in [-0.2, 0) is 0 Å². The highest BCUT2D eigenvalue weighted by molar-refractivity contribution is 9.10. The maximum atomic E-state index is 10.8. The van der Waals surface area contributed by atoms with E-state index in [0.29, 0.717) is 27.8 Å². The molecule has 0 bridgehead atoms. The van der Waals surface area contributed by atoms with E-state index in [9.17, 15) is 4.79 Å². The van der Waals surface area contributed by atoms with Crippen LogP contribution in [0.2, 0.25) is 0 Å². The number of hydrogen-bond acceptors (Lipinski definition) is 3. The highest BCUT2D eigenvalue weighted by atomic mass is 79.9. The zero-order valence-electron chi connectivity index (χ0n) is 8.12. The maximum absolute atomic E-state index is 10.8. The average molecular weight is 269 g/mol. The second-order valence-corrected chi connectivity index (χ2v) is 3.49. The Morgan fingerprint density at radius 2 is 2.33 bits per heavy atom. The largest absolute Gasteiger partial charge is 0.497 e. The molecule has 0 aliphatic heterocycles. The number of rotatable bonds is 4. The van der Waals surface area contributed by atoms with Crippen molar-refractivity contribution in [1.82, 2.24) is 0 Å². The zero-order valence-corrected chi connectivity index (χ0v) is 9.71. The van der Waals surface area contributed by atoms with Gasteiger partial charge in [0.15, 0.2) is 6.29 Å². The summed E-state index contributed by atoms with van der Waals surface area (Å²) in [6.07, 6.45) is 5.76. The monoisotopic (exact) mass is 268 g/mol. The number of carbonyl (C=O) groups excluding carboxylic acids is 1. The summed E-state index contributed by atoms with van der Waals surface area (Å²) in [5, 5.41) is 0. The van der Waals surface area contributed by atoms with Crippen LogP contribution in [0.5, 0.6) is 11.5 Å². The first-order chi connectivity index (χ1) is 7.22. The SMILES string of the molecule is C#CCOc1c(Br)cc(OC)cc1C=O. The minimum absolute atomic E-state index is 0.117. The lowest BCUT2D eigenvalue weighted by Gasteiger charge is -2.09. The van der Waals surface area contributed by atoms with Crippen LogP contribution in [0.4, 0.5) is 0 Å². The second-order valence-electron chi connectivity index (χ2n) is 2.64. The molecule has 0 saturated heterocycles. The van der Waals surface area contributed by atoms with Crippen molar-refractivity contribution < 1.29 is 14.3 Å². The minimum Gasteiger partial charge on any atom is -0.497 e. The molecule has 0 spiro atoms. The number of methoxy groups -OCH3 is 1. The van der Waals surface area contributed by atoms with E-state index in [1.54, 1.807) is 12.1 Å². The average Bonchev–Trinajstić information content (AvgIpc) is 2.26. The Morgan fingerprint density at radius 1 is 1.60 bits per heavy atom. The summed E-state index contributed by atoms with van der Waals surface area (Å²) >= 11 is 3.28. The van der Waals surface area contributed by atoms with Gasteiger partial charge in [0.05, 0.1) is 17.1 Å². The van der Waals surface area contributed by atoms with Crippen LogP contribution in [0, 0.1) is 12.3 Å². The highest BCUT2D eigenvalue weighted by Gasteiger charge is 2.10. The molecule has 4 heteroatoms. The lowest BCUT2D eigenvalue weighted by molar-refractivity contribution is 0.111. The molecule has 0 fully saturated rings. The third kappa shape index (κ3) is 2.74. The van der Waals surface area contributed by atoms with Crippen molar-refractivity contribution in [3.8, 4) is 23.8 Å². The lowest BCUT2D eigenvalue weighted by Crippen LogP contribution is -1.99.